The number of carbonyl (C=O) groups is 1. The van der Waals surface area contributed by atoms with Crippen molar-refractivity contribution in [2.24, 2.45) is 0 Å². The summed E-state index contributed by atoms with van der Waals surface area (Å²) in [5.41, 5.74) is 1.30. The van der Waals surface area contributed by atoms with Crippen molar-refractivity contribution in [1.82, 2.24) is 10.2 Å². The average Bonchev–Trinajstić information content (AvgIpc) is 3.12. The molecule has 0 fully saturated rings. The van der Waals surface area contributed by atoms with Crippen LogP contribution >= 0.6 is 0 Å². The molecular weight excluding hydrogens is 372 g/mol. The zero-order chi connectivity index (χ0) is 20.6. The van der Waals surface area contributed by atoms with Gasteiger partial charge < -0.3 is 19.5 Å². The lowest BCUT2D eigenvalue weighted by molar-refractivity contribution is 0.262. The van der Waals surface area contributed by atoms with Crippen molar-refractivity contribution >= 4 is 28.4 Å². The lowest BCUT2D eigenvalue weighted by atomic mass is 10.2. The van der Waals surface area contributed by atoms with Gasteiger partial charge in [0.25, 0.3) is 0 Å². The highest BCUT2D eigenvalue weighted by molar-refractivity contribution is 6.04. The van der Waals surface area contributed by atoms with Crippen molar-refractivity contribution < 1.29 is 19.0 Å². The molecule has 1 heterocycles. The molecule has 0 aliphatic heterocycles. The van der Waals surface area contributed by atoms with Crippen molar-refractivity contribution in [3.05, 3.63) is 36.4 Å². The Labute approximate surface area is 168 Å². The third kappa shape index (κ3) is 5.11. The number of rotatable bonds is 6. The Kier molecular flexibility index (Phi) is 6.43. The fourth-order valence-electron chi connectivity index (χ4n) is 2.62. The zero-order valence-electron chi connectivity index (χ0n) is 16.5. The third-order valence-corrected chi connectivity index (χ3v) is 3.99. The van der Waals surface area contributed by atoms with Crippen LogP contribution in [0, 0.1) is 11.8 Å². The first-order valence-corrected chi connectivity index (χ1v) is 9.00. The van der Waals surface area contributed by atoms with Gasteiger partial charge in [0.2, 0.25) is 0 Å². The third-order valence-electron chi connectivity index (χ3n) is 3.99. The van der Waals surface area contributed by atoms with Crippen LogP contribution in [0.15, 0.2) is 36.4 Å². The minimum Gasteiger partial charge on any atom is -0.497 e. The van der Waals surface area contributed by atoms with Crippen molar-refractivity contribution in [2.45, 2.75) is 13.3 Å². The Morgan fingerprint density at radius 3 is 2.48 bits per heavy atom. The fraction of sp³-hybridized carbons (Fsp3) is 0.238. The van der Waals surface area contributed by atoms with Crippen LogP contribution in [0.4, 0.5) is 16.3 Å². The maximum absolute atomic E-state index is 12.4. The molecule has 2 aromatic carbocycles. The Hall–Kier alpha value is -3.86. The number of nitrogens with one attached hydrogen (secondary N) is 3. The van der Waals surface area contributed by atoms with Crippen LogP contribution in [-0.2, 0) is 0 Å². The van der Waals surface area contributed by atoms with E-state index >= 15 is 0 Å². The summed E-state index contributed by atoms with van der Waals surface area (Å²) in [4.78, 5) is 12.4. The lowest BCUT2D eigenvalue weighted by Crippen LogP contribution is -2.19. The molecule has 0 saturated heterocycles. The molecule has 0 aliphatic rings. The highest BCUT2D eigenvalue weighted by atomic mass is 16.5. The fourth-order valence-corrected chi connectivity index (χ4v) is 2.62. The average molecular weight is 394 g/mol. The van der Waals surface area contributed by atoms with Crippen molar-refractivity contribution in [3.63, 3.8) is 0 Å². The second-order valence-electron chi connectivity index (χ2n) is 5.96. The van der Waals surface area contributed by atoms with E-state index in [1.807, 2.05) is 19.1 Å². The molecule has 8 heteroatoms. The summed E-state index contributed by atoms with van der Waals surface area (Å²) < 4.78 is 16.0. The number of nitrogens with zero attached hydrogens (tertiary/aromatic N) is 1. The summed E-state index contributed by atoms with van der Waals surface area (Å²) >= 11 is 0. The quantitative estimate of drug-likeness (QED) is 0.549. The van der Waals surface area contributed by atoms with E-state index < -0.39 is 6.03 Å². The Bertz CT molecular complexity index is 1040. The molecule has 0 atom stereocenters. The van der Waals surface area contributed by atoms with Gasteiger partial charge in [0.1, 0.15) is 23.9 Å². The van der Waals surface area contributed by atoms with Gasteiger partial charge in [-0.05, 0) is 18.2 Å². The summed E-state index contributed by atoms with van der Waals surface area (Å²) in [7, 11) is 3.09. The van der Waals surface area contributed by atoms with Crippen molar-refractivity contribution in [1.29, 1.82) is 0 Å². The van der Waals surface area contributed by atoms with E-state index in [1.54, 1.807) is 38.5 Å². The van der Waals surface area contributed by atoms with Crippen molar-refractivity contribution in [3.8, 4) is 29.1 Å². The minimum absolute atomic E-state index is 0.304. The molecule has 0 bridgehead atoms. The molecule has 0 saturated carbocycles. The smallest absolute Gasteiger partial charge is 0.324 e. The lowest BCUT2D eigenvalue weighted by Gasteiger charge is -2.10. The largest absolute Gasteiger partial charge is 0.497 e. The maximum atomic E-state index is 12.4. The summed E-state index contributed by atoms with van der Waals surface area (Å²) in [6.07, 6.45) is 0.784. The van der Waals surface area contributed by atoms with Crippen LogP contribution in [0.3, 0.4) is 0 Å². The molecule has 2 amide bonds. The zero-order valence-corrected chi connectivity index (χ0v) is 16.5. The van der Waals surface area contributed by atoms with E-state index in [0.717, 1.165) is 17.3 Å². The molecule has 3 rings (SSSR count). The first-order valence-electron chi connectivity index (χ1n) is 9.00. The molecule has 8 nitrogen and oxygen atoms in total. The van der Waals surface area contributed by atoms with Gasteiger partial charge in [-0.3, -0.25) is 10.4 Å². The Morgan fingerprint density at radius 1 is 1.03 bits per heavy atom. The first-order chi connectivity index (χ1) is 14.1. The number of hydrogen-bond acceptors (Lipinski definition) is 5. The van der Waals surface area contributed by atoms with Crippen LogP contribution in [0.1, 0.15) is 13.3 Å². The highest BCUT2D eigenvalue weighted by Crippen LogP contribution is 2.27. The normalized spacial score (nSPS) is 10.0. The molecule has 0 unspecified atom stereocenters. The predicted octanol–water partition coefficient (Wildman–Crippen LogP) is 4.02. The summed E-state index contributed by atoms with van der Waals surface area (Å²) in [5.74, 6) is 8.04. The number of benzene rings is 2. The molecule has 3 N–H and O–H groups in total. The predicted molar refractivity (Wildman–Crippen MR) is 112 cm³/mol. The van der Waals surface area contributed by atoms with Crippen LogP contribution in [-0.4, -0.2) is 37.1 Å². The Balaban J connectivity index is 1.73. The standard InChI is InChI=1S/C21H22N4O4/c1-4-5-6-9-29-15-7-8-19-18(13-15)20(25-24-19)23-21(26)22-14-10-16(27-2)12-17(11-14)28-3/h7-8,10-13H,4,9H2,1-3H3,(H3,22,23,24,25,26). The Morgan fingerprint density at radius 2 is 1.79 bits per heavy atom. The number of hydrogen-bond donors (Lipinski definition) is 3. The van der Waals surface area contributed by atoms with E-state index in [4.69, 9.17) is 14.2 Å². The highest BCUT2D eigenvalue weighted by Gasteiger charge is 2.12. The van der Waals surface area contributed by atoms with Gasteiger partial charge in [0.15, 0.2) is 5.82 Å². The summed E-state index contributed by atoms with van der Waals surface area (Å²) in [6.45, 7) is 2.28. The van der Waals surface area contributed by atoms with Gasteiger partial charge in [0, 0.05) is 35.7 Å². The topological polar surface area (TPSA) is 97.5 Å². The number of ether oxygens (including phenoxy) is 3. The van der Waals surface area contributed by atoms with E-state index in [2.05, 4.69) is 32.7 Å². The van der Waals surface area contributed by atoms with Crippen LogP contribution in [0.25, 0.3) is 10.9 Å². The molecule has 0 aliphatic carbocycles. The monoisotopic (exact) mass is 394 g/mol. The van der Waals surface area contributed by atoms with E-state index in [0.29, 0.717) is 35.4 Å². The van der Waals surface area contributed by atoms with Crippen LogP contribution in [0.5, 0.6) is 17.2 Å². The molecule has 0 radical (unpaired) electrons. The van der Waals surface area contributed by atoms with Gasteiger partial charge in [-0.15, -0.1) is 5.92 Å². The second kappa shape index (κ2) is 9.37. The molecule has 1 aromatic heterocycles. The van der Waals surface area contributed by atoms with Gasteiger partial charge in [-0.25, -0.2) is 4.79 Å². The van der Waals surface area contributed by atoms with Crippen LogP contribution in [0.2, 0.25) is 0 Å². The number of aromatic amines is 1. The molecule has 150 valence electrons. The number of methoxy groups -OCH3 is 2. The van der Waals surface area contributed by atoms with E-state index in [-0.39, 0.29) is 0 Å². The summed E-state index contributed by atoms with van der Waals surface area (Å²) in [6, 6.07) is 10.1. The van der Waals surface area contributed by atoms with Gasteiger partial charge in [-0.2, -0.15) is 5.10 Å². The first kappa shape index (κ1) is 19.9. The molecular formula is C21H22N4O4. The van der Waals surface area contributed by atoms with Gasteiger partial charge >= 0.3 is 6.03 Å². The maximum Gasteiger partial charge on any atom is 0.324 e. The van der Waals surface area contributed by atoms with E-state index in [9.17, 15) is 4.79 Å². The number of amides is 2. The molecule has 29 heavy (non-hydrogen) atoms. The SMILES string of the molecule is CCC#CCOc1ccc2[nH]nc(NC(=O)Nc3cc(OC)cc(OC)c3)c2c1. The number of H-pyrrole nitrogens is 1. The number of carbonyl (C=O) groups excluding carboxylic acids is 1. The second-order valence-corrected chi connectivity index (χ2v) is 5.96. The minimum atomic E-state index is -0.450. The van der Waals surface area contributed by atoms with Crippen molar-refractivity contribution in [2.75, 3.05) is 31.5 Å². The molecule has 3 aromatic rings. The number of urea groups is 1. The van der Waals surface area contributed by atoms with Crippen LogP contribution < -0.4 is 24.8 Å². The van der Waals surface area contributed by atoms with Gasteiger partial charge in [-0.1, -0.05) is 12.8 Å². The number of aromatic nitrogens is 2. The molecule has 0 spiro atoms. The number of fused-ring (bicyclic) bond motifs is 1. The summed E-state index contributed by atoms with van der Waals surface area (Å²) in [5, 5.41) is 13.3. The number of anilines is 2. The van der Waals surface area contributed by atoms with Gasteiger partial charge in [0.05, 0.1) is 19.7 Å². The van der Waals surface area contributed by atoms with E-state index in [1.165, 1.54) is 0 Å².